The highest BCUT2D eigenvalue weighted by Gasteiger charge is 2.22. The Bertz CT molecular complexity index is 1860. The monoisotopic (exact) mass is 521 g/mol. The van der Waals surface area contributed by atoms with Gasteiger partial charge in [-0.15, -0.1) is 0 Å². The number of rotatable bonds is 4. The Labute approximate surface area is 222 Å². The summed E-state index contributed by atoms with van der Waals surface area (Å²) in [7, 11) is 0. The van der Waals surface area contributed by atoms with E-state index in [1.807, 2.05) is 45.0 Å². The number of aromatic hydroxyl groups is 1. The molecule has 0 spiro atoms. The van der Waals surface area contributed by atoms with Gasteiger partial charge in [-0.1, -0.05) is 20.8 Å². The van der Waals surface area contributed by atoms with Gasteiger partial charge in [0.15, 0.2) is 0 Å². The lowest BCUT2D eigenvalue weighted by Gasteiger charge is -2.17. The van der Waals surface area contributed by atoms with Crippen molar-refractivity contribution in [1.29, 1.82) is 0 Å². The minimum Gasteiger partial charge on any atom is -0.508 e. The van der Waals surface area contributed by atoms with Crippen LogP contribution in [0.5, 0.6) is 5.75 Å². The first-order chi connectivity index (χ1) is 18.7. The van der Waals surface area contributed by atoms with Crippen molar-refractivity contribution >= 4 is 33.7 Å². The third-order valence-electron chi connectivity index (χ3n) is 6.36. The fraction of sp³-hybridized carbons (Fsp3) is 0.138. The number of benzene rings is 1. The molecule has 0 radical (unpaired) electrons. The fourth-order valence-electron chi connectivity index (χ4n) is 4.35. The summed E-state index contributed by atoms with van der Waals surface area (Å²) in [5, 5.41) is 21.1. The largest absolute Gasteiger partial charge is 0.508 e. The summed E-state index contributed by atoms with van der Waals surface area (Å²) in [4.78, 5) is 29.3. The van der Waals surface area contributed by atoms with Crippen LogP contribution in [-0.2, 0) is 4.79 Å². The Morgan fingerprint density at radius 2 is 1.87 bits per heavy atom. The van der Waals surface area contributed by atoms with Gasteiger partial charge in [0.2, 0.25) is 5.91 Å². The lowest BCUT2D eigenvalue weighted by molar-refractivity contribution is -0.123. The number of nitrogens with one attached hydrogen (secondary N) is 3. The summed E-state index contributed by atoms with van der Waals surface area (Å²) in [6.45, 7) is 5.54. The standard InChI is InChI=1S/C29H24FN7O2/c1-29(2,3)28(39)33-18-9-16(13-31-14-18)22-4-5-23-25(34-22)26(37-36-23)24-12-21-20(6-7-32-27(21)35-24)15-8-17(30)11-19(38)10-15/h4-14,38H,1-3H3,(H,32,35)(H,33,39)(H,36,37). The predicted octanol–water partition coefficient (Wildman–Crippen LogP) is 6.06. The van der Waals surface area contributed by atoms with Crippen LogP contribution < -0.4 is 5.32 Å². The summed E-state index contributed by atoms with van der Waals surface area (Å²) in [6, 6.07) is 13.2. The van der Waals surface area contributed by atoms with Gasteiger partial charge >= 0.3 is 0 Å². The van der Waals surface area contributed by atoms with E-state index in [-0.39, 0.29) is 11.7 Å². The van der Waals surface area contributed by atoms with Gasteiger partial charge in [0.25, 0.3) is 0 Å². The number of phenols is 1. The van der Waals surface area contributed by atoms with Crippen molar-refractivity contribution in [3.63, 3.8) is 0 Å². The summed E-state index contributed by atoms with van der Waals surface area (Å²) in [5.74, 6) is -0.795. The molecule has 1 amide bonds. The van der Waals surface area contributed by atoms with E-state index in [1.54, 1.807) is 24.7 Å². The fourth-order valence-corrected chi connectivity index (χ4v) is 4.35. The highest BCUT2D eigenvalue weighted by molar-refractivity contribution is 5.99. The van der Waals surface area contributed by atoms with Crippen LogP contribution in [-0.4, -0.2) is 41.1 Å². The molecular weight excluding hydrogens is 497 g/mol. The number of nitrogens with zero attached hydrogens (tertiary/aromatic N) is 4. The molecule has 0 bridgehead atoms. The van der Waals surface area contributed by atoms with Crippen LogP contribution in [0.15, 0.2) is 67.1 Å². The van der Waals surface area contributed by atoms with Crippen molar-refractivity contribution in [2.75, 3.05) is 5.32 Å². The SMILES string of the molecule is CC(C)(C)C(=O)Nc1cncc(-c2ccc3[nH]nc(-c4cc5c(-c6cc(O)cc(F)c6)ccnc5[nH]4)c3n2)c1. The van der Waals surface area contributed by atoms with E-state index in [1.165, 1.54) is 12.1 Å². The molecule has 0 fully saturated rings. The van der Waals surface area contributed by atoms with Gasteiger partial charge in [0.1, 0.15) is 28.4 Å². The molecule has 39 heavy (non-hydrogen) atoms. The van der Waals surface area contributed by atoms with Gasteiger partial charge in [0.05, 0.1) is 28.8 Å². The van der Waals surface area contributed by atoms with Crippen LogP contribution in [0, 0.1) is 11.2 Å². The molecule has 0 atom stereocenters. The maximum Gasteiger partial charge on any atom is 0.229 e. The van der Waals surface area contributed by atoms with E-state index in [9.17, 15) is 14.3 Å². The number of hydrogen-bond acceptors (Lipinski definition) is 6. The van der Waals surface area contributed by atoms with E-state index < -0.39 is 11.2 Å². The number of pyridine rings is 3. The van der Waals surface area contributed by atoms with Crippen molar-refractivity contribution < 1.29 is 14.3 Å². The first-order valence-electron chi connectivity index (χ1n) is 12.3. The van der Waals surface area contributed by atoms with E-state index in [4.69, 9.17) is 4.98 Å². The van der Waals surface area contributed by atoms with Gasteiger partial charge in [0, 0.05) is 34.8 Å². The molecule has 5 aromatic heterocycles. The van der Waals surface area contributed by atoms with Crippen molar-refractivity contribution in [1.82, 2.24) is 30.1 Å². The molecule has 194 valence electrons. The molecule has 6 rings (SSSR count). The first-order valence-corrected chi connectivity index (χ1v) is 12.3. The van der Waals surface area contributed by atoms with Crippen molar-refractivity contribution in [3.05, 3.63) is 72.9 Å². The molecule has 0 saturated carbocycles. The van der Waals surface area contributed by atoms with E-state index in [0.717, 1.165) is 22.5 Å². The number of carbonyl (C=O) groups is 1. The van der Waals surface area contributed by atoms with Gasteiger partial charge in [-0.25, -0.2) is 14.4 Å². The quantitative estimate of drug-likeness (QED) is 0.223. The second kappa shape index (κ2) is 9.02. The van der Waals surface area contributed by atoms with Gasteiger partial charge in [-0.05, 0) is 53.6 Å². The van der Waals surface area contributed by atoms with Crippen LogP contribution in [0.25, 0.3) is 55.8 Å². The van der Waals surface area contributed by atoms with Gasteiger partial charge in [-0.2, -0.15) is 5.10 Å². The molecule has 0 unspecified atom stereocenters. The Balaban J connectivity index is 1.41. The number of halogens is 1. The molecule has 1 aromatic carbocycles. The normalized spacial score (nSPS) is 11.8. The molecule has 5 heterocycles. The predicted molar refractivity (Wildman–Crippen MR) is 147 cm³/mol. The zero-order valence-electron chi connectivity index (χ0n) is 21.4. The van der Waals surface area contributed by atoms with E-state index in [2.05, 4.69) is 30.5 Å². The van der Waals surface area contributed by atoms with Crippen LogP contribution in [0.1, 0.15) is 20.8 Å². The van der Waals surface area contributed by atoms with Crippen LogP contribution in [0.3, 0.4) is 0 Å². The smallest absolute Gasteiger partial charge is 0.229 e. The molecule has 0 aliphatic carbocycles. The average molecular weight is 522 g/mol. The number of anilines is 1. The van der Waals surface area contributed by atoms with E-state index in [0.29, 0.717) is 45.1 Å². The number of hydrogen-bond donors (Lipinski definition) is 4. The van der Waals surface area contributed by atoms with Crippen molar-refractivity contribution in [3.8, 4) is 39.5 Å². The number of phenolic OH excluding ortho intramolecular Hbond substituents is 1. The van der Waals surface area contributed by atoms with Crippen molar-refractivity contribution in [2.45, 2.75) is 20.8 Å². The molecule has 0 aliphatic heterocycles. The molecule has 0 saturated heterocycles. The zero-order valence-corrected chi connectivity index (χ0v) is 21.4. The molecule has 9 nitrogen and oxygen atoms in total. The molecule has 10 heteroatoms. The number of carbonyl (C=O) groups excluding carboxylic acids is 1. The number of aromatic nitrogens is 6. The molecule has 0 aliphatic rings. The number of fused-ring (bicyclic) bond motifs is 2. The van der Waals surface area contributed by atoms with Gasteiger partial charge < -0.3 is 15.4 Å². The Morgan fingerprint density at radius 1 is 1.03 bits per heavy atom. The minimum atomic E-state index is -0.539. The summed E-state index contributed by atoms with van der Waals surface area (Å²) >= 11 is 0. The highest BCUT2D eigenvalue weighted by atomic mass is 19.1. The second-order valence-corrected chi connectivity index (χ2v) is 10.3. The third kappa shape index (κ3) is 4.56. The lowest BCUT2D eigenvalue weighted by atomic mass is 9.95. The highest BCUT2D eigenvalue weighted by Crippen LogP contribution is 2.35. The van der Waals surface area contributed by atoms with Crippen molar-refractivity contribution in [2.24, 2.45) is 5.41 Å². The van der Waals surface area contributed by atoms with Crippen LogP contribution >= 0.6 is 0 Å². The number of aromatic amines is 2. The maximum atomic E-state index is 14.0. The van der Waals surface area contributed by atoms with Crippen LogP contribution in [0.2, 0.25) is 0 Å². The van der Waals surface area contributed by atoms with E-state index >= 15 is 0 Å². The third-order valence-corrected chi connectivity index (χ3v) is 6.36. The maximum absolute atomic E-state index is 14.0. The second-order valence-electron chi connectivity index (χ2n) is 10.3. The minimum absolute atomic E-state index is 0.109. The van der Waals surface area contributed by atoms with Gasteiger partial charge in [-0.3, -0.25) is 14.9 Å². The Hall–Kier alpha value is -5.12. The van der Waals surface area contributed by atoms with Crippen LogP contribution in [0.4, 0.5) is 10.1 Å². The Kier molecular flexibility index (Phi) is 5.60. The lowest BCUT2D eigenvalue weighted by Crippen LogP contribution is -2.27. The average Bonchev–Trinajstić information content (AvgIpc) is 3.51. The first kappa shape index (κ1) is 24.2. The Morgan fingerprint density at radius 3 is 2.67 bits per heavy atom. The molecule has 4 N–H and O–H groups in total. The summed E-state index contributed by atoms with van der Waals surface area (Å²) in [6.07, 6.45) is 4.91. The number of amides is 1. The molecule has 6 aromatic rings. The summed E-state index contributed by atoms with van der Waals surface area (Å²) < 4.78 is 14.0. The number of H-pyrrole nitrogens is 2. The molecular formula is C29H24FN7O2. The summed E-state index contributed by atoms with van der Waals surface area (Å²) in [5.41, 5.74) is 5.90. The zero-order chi connectivity index (χ0) is 27.3. The topological polar surface area (TPSA) is 132 Å².